The third-order valence-corrected chi connectivity index (χ3v) is 3.61. The van der Waals surface area contributed by atoms with Crippen molar-refractivity contribution < 1.29 is 19.1 Å². The van der Waals surface area contributed by atoms with Crippen molar-refractivity contribution in [1.82, 2.24) is 0 Å². The maximum Gasteiger partial charge on any atom is 0.339 e. The highest BCUT2D eigenvalue weighted by molar-refractivity contribution is 9.10. The van der Waals surface area contributed by atoms with Gasteiger partial charge >= 0.3 is 11.9 Å². The van der Waals surface area contributed by atoms with Crippen LogP contribution in [0.15, 0.2) is 16.6 Å². The number of carbonyl (C=O) groups excluding carboxylic acids is 2. The second-order valence-electron chi connectivity index (χ2n) is 5.67. The van der Waals surface area contributed by atoms with Crippen molar-refractivity contribution >= 4 is 39.5 Å². The third kappa shape index (κ3) is 5.32. The number of hydrogen-bond acceptors (Lipinski definition) is 4. The molecule has 1 aromatic carbocycles. The van der Waals surface area contributed by atoms with Gasteiger partial charge in [0.2, 0.25) is 0 Å². The van der Waals surface area contributed by atoms with Crippen LogP contribution in [0.1, 0.15) is 48.4 Å². The number of halogens is 2. The van der Waals surface area contributed by atoms with E-state index >= 15 is 0 Å². The van der Waals surface area contributed by atoms with Gasteiger partial charge in [-0.1, -0.05) is 32.4 Å². The van der Waals surface area contributed by atoms with Crippen molar-refractivity contribution in [3.63, 3.8) is 0 Å². The Bertz CT molecular complexity index is 549. The van der Waals surface area contributed by atoms with E-state index < -0.39 is 11.9 Å². The van der Waals surface area contributed by atoms with Crippen molar-refractivity contribution in [2.45, 2.75) is 27.7 Å². The molecule has 0 heterocycles. The maximum absolute atomic E-state index is 12.2. The Morgan fingerprint density at radius 3 is 2.19 bits per heavy atom. The molecule has 21 heavy (non-hydrogen) atoms. The zero-order valence-corrected chi connectivity index (χ0v) is 14.8. The van der Waals surface area contributed by atoms with E-state index in [4.69, 9.17) is 21.1 Å². The largest absolute Gasteiger partial charge is 0.462 e. The lowest BCUT2D eigenvalue weighted by Gasteiger charge is -2.18. The van der Waals surface area contributed by atoms with Gasteiger partial charge in [0.25, 0.3) is 0 Å². The minimum absolute atomic E-state index is 0.103. The highest BCUT2D eigenvalue weighted by Gasteiger charge is 2.23. The zero-order valence-electron chi connectivity index (χ0n) is 12.5. The molecule has 0 N–H and O–H groups in total. The summed E-state index contributed by atoms with van der Waals surface area (Å²) in [5, 5.41) is 0.325. The van der Waals surface area contributed by atoms with Crippen molar-refractivity contribution in [2.24, 2.45) is 5.41 Å². The minimum Gasteiger partial charge on any atom is -0.462 e. The van der Waals surface area contributed by atoms with E-state index in [9.17, 15) is 9.59 Å². The molecule has 0 saturated heterocycles. The molecule has 0 aromatic heterocycles. The lowest BCUT2D eigenvalue weighted by molar-refractivity contribution is 0.0354. The molecular weight excluding hydrogens is 360 g/mol. The van der Waals surface area contributed by atoms with E-state index in [2.05, 4.69) is 15.9 Å². The summed E-state index contributed by atoms with van der Waals surface area (Å²) in [4.78, 5) is 24.1. The van der Waals surface area contributed by atoms with E-state index in [0.717, 1.165) is 0 Å². The van der Waals surface area contributed by atoms with E-state index in [1.165, 1.54) is 12.1 Å². The first-order chi connectivity index (χ1) is 9.65. The summed E-state index contributed by atoms with van der Waals surface area (Å²) >= 11 is 9.22. The van der Waals surface area contributed by atoms with E-state index in [1.807, 2.05) is 20.8 Å². The van der Waals surface area contributed by atoms with Gasteiger partial charge in [-0.15, -0.1) is 0 Å². The zero-order chi connectivity index (χ0) is 16.2. The molecule has 4 nitrogen and oxygen atoms in total. The average Bonchev–Trinajstić information content (AvgIpc) is 2.38. The Hall–Kier alpha value is -1.07. The molecule has 0 fully saturated rings. The van der Waals surface area contributed by atoms with Crippen LogP contribution in [0.3, 0.4) is 0 Å². The summed E-state index contributed by atoms with van der Waals surface area (Å²) < 4.78 is 10.7. The van der Waals surface area contributed by atoms with Crippen LogP contribution in [-0.2, 0) is 9.47 Å². The van der Waals surface area contributed by atoms with Gasteiger partial charge in [0.05, 0.1) is 29.4 Å². The highest BCUT2D eigenvalue weighted by Crippen LogP contribution is 2.28. The predicted octanol–water partition coefficient (Wildman–Crippen LogP) is 4.48. The minimum atomic E-state index is -0.595. The van der Waals surface area contributed by atoms with Crippen LogP contribution in [0.2, 0.25) is 5.02 Å². The van der Waals surface area contributed by atoms with Crippen LogP contribution in [0.25, 0.3) is 0 Å². The molecule has 1 aromatic rings. The first kappa shape index (κ1) is 18.0. The van der Waals surface area contributed by atoms with Crippen molar-refractivity contribution in [3.8, 4) is 0 Å². The van der Waals surface area contributed by atoms with Crippen LogP contribution in [0.4, 0.5) is 0 Å². The summed E-state index contributed by atoms with van der Waals surface area (Å²) in [6.45, 7) is 7.99. The van der Waals surface area contributed by atoms with Gasteiger partial charge in [0.15, 0.2) is 0 Å². The van der Waals surface area contributed by atoms with Gasteiger partial charge in [-0.05, 0) is 40.4 Å². The van der Waals surface area contributed by atoms with Gasteiger partial charge in [0.1, 0.15) is 0 Å². The van der Waals surface area contributed by atoms with Crippen LogP contribution in [0.5, 0.6) is 0 Å². The molecule has 0 atom stereocenters. The first-order valence-corrected chi connectivity index (χ1v) is 7.66. The molecule has 0 amide bonds. The normalized spacial score (nSPS) is 11.1. The molecule has 0 aliphatic carbocycles. The second kappa shape index (κ2) is 7.27. The average molecular weight is 378 g/mol. The summed E-state index contributed by atoms with van der Waals surface area (Å²) in [7, 11) is 0. The smallest absolute Gasteiger partial charge is 0.339 e. The van der Waals surface area contributed by atoms with Gasteiger partial charge in [-0.25, -0.2) is 9.59 Å². The summed E-state index contributed by atoms with van der Waals surface area (Å²) in [5.41, 5.74) is 0.0664. The third-order valence-electron chi connectivity index (χ3n) is 2.41. The van der Waals surface area contributed by atoms with Crippen LogP contribution in [0, 0.1) is 5.41 Å². The Morgan fingerprint density at radius 2 is 1.67 bits per heavy atom. The van der Waals surface area contributed by atoms with Gasteiger partial charge in [-0.2, -0.15) is 0 Å². The molecule has 0 aliphatic heterocycles. The Balaban J connectivity index is 3.11. The van der Waals surface area contributed by atoms with Gasteiger partial charge in [0, 0.05) is 4.47 Å². The van der Waals surface area contributed by atoms with Crippen molar-refractivity contribution in [1.29, 1.82) is 0 Å². The number of benzene rings is 1. The standard InChI is InChI=1S/C15H18BrClO4/c1-5-20-13(18)9-6-11(16)12(17)7-10(9)14(19)21-8-15(2,3)4/h6-7H,5,8H2,1-4H3. The number of rotatable bonds is 4. The Morgan fingerprint density at radius 1 is 1.14 bits per heavy atom. The van der Waals surface area contributed by atoms with Crippen molar-refractivity contribution in [2.75, 3.05) is 13.2 Å². The Kier molecular flexibility index (Phi) is 6.23. The fraction of sp³-hybridized carbons (Fsp3) is 0.467. The quantitative estimate of drug-likeness (QED) is 0.726. The molecule has 0 aliphatic rings. The highest BCUT2D eigenvalue weighted by atomic mass is 79.9. The molecule has 0 spiro atoms. The van der Waals surface area contributed by atoms with Gasteiger partial charge < -0.3 is 9.47 Å². The second-order valence-corrected chi connectivity index (χ2v) is 6.93. The summed E-state index contributed by atoms with van der Waals surface area (Å²) in [6.07, 6.45) is 0. The lowest BCUT2D eigenvalue weighted by Crippen LogP contribution is -2.20. The van der Waals surface area contributed by atoms with Crippen LogP contribution >= 0.6 is 27.5 Å². The van der Waals surface area contributed by atoms with E-state index in [1.54, 1.807) is 6.92 Å². The van der Waals surface area contributed by atoms with Crippen LogP contribution < -0.4 is 0 Å². The molecule has 0 radical (unpaired) electrons. The summed E-state index contributed by atoms with van der Waals surface area (Å²) in [5.74, 6) is -1.18. The fourth-order valence-electron chi connectivity index (χ4n) is 1.45. The Labute approximate surface area is 137 Å². The number of esters is 2. The molecule has 0 bridgehead atoms. The number of carbonyl (C=O) groups is 2. The predicted molar refractivity (Wildman–Crippen MR) is 84.8 cm³/mol. The monoisotopic (exact) mass is 376 g/mol. The molecular formula is C15H18BrClO4. The topological polar surface area (TPSA) is 52.6 Å². The van der Waals surface area contributed by atoms with Crippen LogP contribution in [-0.4, -0.2) is 25.2 Å². The SMILES string of the molecule is CCOC(=O)c1cc(Br)c(Cl)cc1C(=O)OCC(C)(C)C. The molecule has 6 heteroatoms. The lowest BCUT2D eigenvalue weighted by atomic mass is 9.98. The molecule has 1 rings (SSSR count). The first-order valence-electron chi connectivity index (χ1n) is 6.49. The van der Waals surface area contributed by atoms with Gasteiger partial charge in [-0.3, -0.25) is 0 Å². The molecule has 0 unspecified atom stereocenters. The van der Waals surface area contributed by atoms with E-state index in [0.29, 0.717) is 9.50 Å². The number of hydrogen-bond donors (Lipinski definition) is 0. The number of ether oxygens (including phenoxy) is 2. The molecule has 116 valence electrons. The summed E-state index contributed by atoms with van der Waals surface area (Å²) in [6, 6.07) is 2.87. The fourth-order valence-corrected chi connectivity index (χ4v) is 1.96. The maximum atomic E-state index is 12.2. The van der Waals surface area contributed by atoms with Crippen molar-refractivity contribution in [3.05, 3.63) is 32.8 Å². The van der Waals surface area contributed by atoms with E-state index in [-0.39, 0.29) is 29.8 Å². The molecule has 0 saturated carbocycles.